The first-order valence-electron chi connectivity index (χ1n) is 9.59. The van der Waals surface area contributed by atoms with E-state index in [1.165, 1.54) is 64.2 Å². The van der Waals surface area contributed by atoms with Gasteiger partial charge in [0.2, 0.25) is 0 Å². The van der Waals surface area contributed by atoms with Crippen LogP contribution in [0.25, 0.3) is 0 Å². The minimum atomic E-state index is -0.870. The summed E-state index contributed by atoms with van der Waals surface area (Å²) in [5, 5.41) is 16.3. The number of carbonyl (C=O) groups is 2. The van der Waals surface area contributed by atoms with Crippen LogP contribution in [-0.2, 0) is 9.59 Å². The van der Waals surface area contributed by atoms with Crippen molar-refractivity contribution >= 4 is 11.9 Å². The van der Waals surface area contributed by atoms with Gasteiger partial charge in [-0.05, 0) is 26.2 Å². The van der Waals surface area contributed by atoms with Gasteiger partial charge in [-0.15, -0.1) is 0 Å². The number of rotatable bonds is 15. The third-order valence-corrected chi connectivity index (χ3v) is 3.79. The van der Waals surface area contributed by atoms with Crippen LogP contribution in [0.3, 0.4) is 0 Å². The Hall–Kier alpha value is -1.10. The molecule has 0 spiro atoms. The number of carboxylic acids is 2. The lowest BCUT2D eigenvalue weighted by atomic mass is 10.1. The highest BCUT2D eigenvalue weighted by Crippen LogP contribution is 2.10. The van der Waals surface area contributed by atoms with Gasteiger partial charge in [0.25, 0.3) is 0 Å². The van der Waals surface area contributed by atoms with Crippen LogP contribution in [0.1, 0.15) is 104 Å². The summed E-state index contributed by atoms with van der Waals surface area (Å²) in [6.07, 6.45) is 14.9. The van der Waals surface area contributed by atoms with Gasteiger partial charge in [0.05, 0.1) is 0 Å². The third-order valence-electron chi connectivity index (χ3n) is 3.79. The van der Waals surface area contributed by atoms with Crippen LogP contribution in [0.4, 0.5) is 0 Å². The summed E-state index contributed by atoms with van der Waals surface area (Å²) in [6.45, 7) is 4.37. The maximum atomic E-state index is 9.90. The van der Waals surface area contributed by atoms with E-state index in [9.17, 15) is 9.59 Å². The van der Waals surface area contributed by atoms with Crippen LogP contribution >= 0.6 is 0 Å². The number of nitrogens with two attached hydrogens (primary N) is 1. The van der Waals surface area contributed by atoms with Crippen molar-refractivity contribution in [1.29, 1.82) is 0 Å². The molecule has 0 aromatic rings. The highest BCUT2D eigenvalue weighted by Gasteiger charge is 1.99. The second-order valence-electron chi connectivity index (χ2n) is 6.59. The lowest BCUT2D eigenvalue weighted by Gasteiger charge is -2.04. The van der Waals surface area contributed by atoms with E-state index in [2.05, 4.69) is 13.8 Å². The summed E-state index contributed by atoms with van der Waals surface area (Å²) < 4.78 is 0. The Morgan fingerprint density at radius 1 is 0.750 bits per heavy atom. The lowest BCUT2D eigenvalue weighted by Crippen LogP contribution is -2.13. The fourth-order valence-electron chi connectivity index (χ4n) is 2.33. The fourth-order valence-corrected chi connectivity index (χ4v) is 2.33. The summed E-state index contributed by atoms with van der Waals surface area (Å²) in [7, 11) is 0. The Balaban J connectivity index is 0. The van der Waals surface area contributed by atoms with Crippen LogP contribution in [0.5, 0.6) is 0 Å². The highest BCUT2D eigenvalue weighted by atomic mass is 16.4. The van der Waals surface area contributed by atoms with Gasteiger partial charge in [0.1, 0.15) is 0 Å². The molecule has 0 aliphatic heterocycles. The van der Waals surface area contributed by atoms with Gasteiger partial charge in [0, 0.05) is 18.9 Å². The fraction of sp³-hybridized carbons (Fsp3) is 0.895. The maximum absolute atomic E-state index is 9.90. The van der Waals surface area contributed by atoms with Crippen molar-refractivity contribution in [2.45, 2.75) is 110 Å². The molecule has 24 heavy (non-hydrogen) atoms. The normalized spacial score (nSPS) is 11.5. The monoisotopic (exact) mass is 345 g/mol. The summed E-state index contributed by atoms with van der Waals surface area (Å²) in [5.41, 5.74) is 5.69. The summed E-state index contributed by atoms with van der Waals surface area (Å²) >= 11 is 0. The molecular formula is C19H39NO4. The average molecular weight is 346 g/mol. The van der Waals surface area contributed by atoms with E-state index in [0.717, 1.165) is 0 Å². The molecule has 0 amide bonds. The van der Waals surface area contributed by atoms with E-state index in [0.29, 0.717) is 18.9 Å². The van der Waals surface area contributed by atoms with Gasteiger partial charge in [-0.3, -0.25) is 9.59 Å². The van der Waals surface area contributed by atoms with Crippen molar-refractivity contribution in [2.75, 3.05) is 0 Å². The Morgan fingerprint density at radius 3 is 1.46 bits per heavy atom. The molecule has 0 aromatic heterocycles. The van der Waals surface area contributed by atoms with Crippen LogP contribution in [-0.4, -0.2) is 28.2 Å². The topological polar surface area (TPSA) is 101 Å². The van der Waals surface area contributed by atoms with Crippen LogP contribution in [0.15, 0.2) is 0 Å². The van der Waals surface area contributed by atoms with E-state index < -0.39 is 11.9 Å². The number of hydrogen-bond donors (Lipinski definition) is 3. The van der Waals surface area contributed by atoms with Gasteiger partial charge in [0.15, 0.2) is 0 Å². The molecule has 144 valence electrons. The maximum Gasteiger partial charge on any atom is 0.303 e. The number of carboxylic acid groups (broad SMARTS) is 2. The van der Waals surface area contributed by atoms with Crippen LogP contribution in [0.2, 0.25) is 0 Å². The van der Waals surface area contributed by atoms with E-state index >= 15 is 0 Å². The van der Waals surface area contributed by atoms with Gasteiger partial charge in [-0.25, -0.2) is 0 Å². The first-order valence-corrected chi connectivity index (χ1v) is 9.59. The predicted molar refractivity (Wildman–Crippen MR) is 99.2 cm³/mol. The molecule has 0 saturated heterocycles. The molecule has 0 aliphatic rings. The Bertz CT molecular complexity index is 277. The molecule has 0 bridgehead atoms. The molecular weight excluding hydrogens is 306 g/mol. The molecule has 4 N–H and O–H groups in total. The van der Waals surface area contributed by atoms with Crippen molar-refractivity contribution in [3.05, 3.63) is 0 Å². The largest absolute Gasteiger partial charge is 0.481 e. The van der Waals surface area contributed by atoms with Crippen LogP contribution in [0, 0.1) is 0 Å². The first-order chi connectivity index (χ1) is 11.4. The summed E-state index contributed by atoms with van der Waals surface area (Å²) in [5.74, 6) is -1.74. The Labute approximate surface area is 148 Å². The zero-order chi connectivity index (χ0) is 18.6. The average Bonchev–Trinajstić information content (AvgIpc) is 2.50. The minimum absolute atomic E-state index is 0.0628. The van der Waals surface area contributed by atoms with Gasteiger partial charge < -0.3 is 15.9 Å². The Morgan fingerprint density at radius 2 is 1.12 bits per heavy atom. The zero-order valence-corrected chi connectivity index (χ0v) is 15.8. The van der Waals surface area contributed by atoms with Gasteiger partial charge >= 0.3 is 11.9 Å². The first kappa shape index (κ1) is 25.1. The predicted octanol–water partition coefficient (Wildman–Crippen LogP) is 4.97. The van der Waals surface area contributed by atoms with Crippen molar-refractivity contribution in [3.63, 3.8) is 0 Å². The molecule has 0 rings (SSSR count). The standard InChI is InChI=1S/C13H29N.C6H10O4/c1-3-4-5-6-7-8-9-10-11-12-13(2)14;7-5(8)3-1-2-4-6(9)10/h13H,3-12,14H2,1-2H3;1-4H2,(H,7,8)(H,9,10)/t13-;/m0./s1. The van der Waals surface area contributed by atoms with Crippen molar-refractivity contribution in [3.8, 4) is 0 Å². The molecule has 0 saturated carbocycles. The van der Waals surface area contributed by atoms with Crippen molar-refractivity contribution in [1.82, 2.24) is 0 Å². The minimum Gasteiger partial charge on any atom is -0.481 e. The third kappa shape index (κ3) is 29.0. The van der Waals surface area contributed by atoms with Gasteiger partial charge in [-0.1, -0.05) is 64.7 Å². The van der Waals surface area contributed by atoms with E-state index in [-0.39, 0.29) is 12.8 Å². The SMILES string of the molecule is CCCCCCCCCCC[C@H](C)N.O=C(O)CCCCC(=O)O. The van der Waals surface area contributed by atoms with Gasteiger partial charge in [-0.2, -0.15) is 0 Å². The second-order valence-corrected chi connectivity index (χ2v) is 6.59. The molecule has 0 unspecified atom stereocenters. The molecule has 0 radical (unpaired) electrons. The quantitative estimate of drug-likeness (QED) is 0.364. The smallest absolute Gasteiger partial charge is 0.303 e. The van der Waals surface area contributed by atoms with E-state index in [1.54, 1.807) is 0 Å². The van der Waals surface area contributed by atoms with E-state index in [4.69, 9.17) is 15.9 Å². The molecule has 0 aromatic carbocycles. The molecule has 5 nitrogen and oxygen atoms in total. The lowest BCUT2D eigenvalue weighted by molar-refractivity contribution is -0.139. The number of hydrogen-bond acceptors (Lipinski definition) is 3. The molecule has 0 aliphatic carbocycles. The van der Waals surface area contributed by atoms with Crippen LogP contribution < -0.4 is 5.73 Å². The number of unbranched alkanes of at least 4 members (excludes halogenated alkanes) is 9. The molecule has 0 fully saturated rings. The Kier molecular flexibility index (Phi) is 20.9. The highest BCUT2D eigenvalue weighted by molar-refractivity contribution is 5.67. The molecule has 0 heterocycles. The van der Waals surface area contributed by atoms with Crippen molar-refractivity contribution in [2.24, 2.45) is 5.73 Å². The molecule has 1 atom stereocenters. The van der Waals surface area contributed by atoms with E-state index in [1.807, 2.05) is 0 Å². The second kappa shape index (κ2) is 19.9. The summed E-state index contributed by atoms with van der Waals surface area (Å²) in [4.78, 5) is 19.8. The summed E-state index contributed by atoms with van der Waals surface area (Å²) in [6, 6.07) is 0.402. The molecule has 5 heteroatoms. The number of aliphatic carboxylic acids is 2. The van der Waals surface area contributed by atoms with Crippen molar-refractivity contribution < 1.29 is 19.8 Å². The zero-order valence-electron chi connectivity index (χ0n) is 15.8.